The summed E-state index contributed by atoms with van der Waals surface area (Å²) in [7, 11) is 0. The van der Waals surface area contributed by atoms with E-state index in [0.29, 0.717) is 6.04 Å². The van der Waals surface area contributed by atoms with Crippen molar-refractivity contribution in [3.63, 3.8) is 0 Å². The molecule has 5 unspecified atom stereocenters. The molecule has 20 heavy (non-hydrogen) atoms. The Morgan fingerprint density at radius 1 is 1.15 bits per heavy atom. The molecule has 1 saturated carbocycles. The van der Waals surface area contributed by atoms with E-state index in [9.17, 15) is 0 Å². The third-order valence-electron chi connectivity index (χ3n) is 6.13. The van der Waals surface area contributed by atoms with Gasteiger partial charge in [-0.1, -0.05) is 40.5 Å². The van der Waals surface area contributed by atoms with E-state index >= 15 is 0 Å². The number of hydrogen-bond donors (Lipinski definition) is 1. The molecule has 2 N–H and O–H groups in total. The molecule has 0 bridgehead atoms. The second-order valence-corrected chi connectivity index (χ2v) is 7.82. The van der Waals surface area contributed by atoms with Crippen LogP contribution in [0.4, 0.5) is 0 Å². The van der Waals surface area contributed by atoms with E-state index in [1.807, 2.05) is 0 Å². The summed E-state index contributed by atoms with van der Waals surface area (Å²) in [5, 5.41) is 0. The first-order chi connectivity index (χ1) is 9.56. The van der Waals surface area contributed by atoms with Gasteiger partial charge in [-0.25, -0.2) is 0 Å². The van der Waals surface area contributed by atoms with Gasteiger partial charge in [-0.15, -0.1) is 0 Å². The first-order valence-corrected chi connectivity index (χ1v) is 9.02. The summed E-state index contributed by atoms with van der Waals surface area (Å²) in [6.45, 7) is 11.8. The van der Waals surface area contributed by atoms with E-state index in [0.717, 1.165) is 36.3 Å². The fourth-order valence-corrected chi connectivity index (χ4v) is 4.72. The van der Waals surface area contributed by atoms with Gasteiger partial charge in [-0.2, -0.15) is 0 Å². The summed E-state index contributed by atoms with van der Waals surface area (Å²) in [5.41, 5.74) is 6.13. The lowest BCUT2D eigenvalue weighted by atomic mass is 9.72. The molecule has 1 aliphatic heterocycles. The highest BCUT2D eigenvalue weighted by atomic mass is 15.2. The maximum Gasteiger partial charge on any atom is 0.0224 e. The largest absolute Gasteiger partial charge is 0.329 e. The number of piperidine rings is 1. The molecule has 0 amide bonds. The van der Waals surface area contributed by atoms with Gasteiger partial charge in [0.1, 0.15) is 0 Å². The number of nitrogens with two attached hydrogens (primary N) is 1. The zero-order valence-electron chi connectivity index (χ0n) is 14.1. The van der Waals surface area contributed by atoms with E-state index in [1.54, 1.807) is 0 Å². The molecule has 0 aromatic rings. The number of hydrogen-bond acceptors (Lipinski definition) is 2. The molecule has 2 nitrogen and oxygen atoms in total. The van der Waals surface area contributed by atoms with Gasteiger partial charge in [0, 0.05) is 18.6 Å². The molecule has 0 spiro atoms. The van der Waals surface area contributed by atoms with Crippen LogP contribution in [-0.4, -0.2) is 30.1 Å². The summed E-state index contributed by atoms with van der Waals surface area (Å²) in [6.07, 6.45) is 8.31. The highest BCUT2D eigenvalue weighted by molar-refractivity contribution is 4.93. The Bertz CT molecular complexity index is 289. The van der Waals surface area contributed by atoms with Crippen LogP contribution in [0, 0.1) is 23.7 Å². The summed E-state index contributed by atoms with van der Waals surface area (Å²) in [4.78, 5) is 2.83. The smallest absolute Gasteiger partial charge is 0.0224 e. The Kier molecular flexibility index (Phi) is 5.92. The molecular formula is C18H36N2. The molecule has 1 heterocycles. The molecule has 2 rings (SSSR count). The van der Waals surface area contributed by atoms with E-state index in [-0.39, 0.29) is 0 Å². The Hall–Kier alpha value is -0.0800. The van der Waals surface area contributed by atoms with Gasteiger partial charge in [0.05, 0.1) is 0 Å². The predicted octanol–water partition coefficient (Wildman–Crippen LogP) is 3.90. The molecule has 2 fully saturated rings. The van der Waals surface area contributed by atoms with Gasteiger partial charge in [0.15, 0.2) is 0 Å². The molecule has 0 aromatic carbocycles. The van der Waals surface area contributed by atoms with Crippen molar-refractivity contribution in [1.29, 1.82) is 0 Å². The van der Waals surface area contributed by atoms with Crippen molar-refractivity contribution >= 4 is 0 Å². The Balaban J connectivity index is 2.09. The Labute approximate surface area is 126 Å². The zero-order chi connectivity index (χ0) is 14.7. The highest BCUT2D eigenvalue weighted by Gasteiger charge is 2.39. The first-order valence-electron chi connectivity index (χ1n) is 9.02. The van der Waals surface area contributed by atoms with Crippen LogP contribution < -0.4 is 5.73 Å². The standard InChI is InChI=1S/C18H36N2/c1-5-15-8-9-20(16(11-15)12-19)18-10-14(4)6-7-17(18)13(2)3/h13-18H,5-12,19H2,1-4H3. The normalized spacial score (nSPS) is 40.2. The second-order valence-electron chi connectivity index (χ2n) is 7.82. The van der Waals surface area contributed by atoms with Gasteiger partial charge in [-0.3, -0.25) is 4.90 Å². The monoisotopic (exact) mass is 280 g/mol. The van der Waals surface area contributed by atoms with Crippen LogP contribution in [-0.2, 0) is 0 Å². The van der Waals surface area contributed by atoms with Crippen molar-refractivity contribution in [3.05, 3.63) is 0 Å². The molecule has 0 aromatic heterocycles. The summed E-state index contributed by atoms with van der Waals surface area (Å²) < 4.78 is 0. The average molecular weight is 280 g/mol. The third-order valence-corrected chi connectivity index (χ3v) is 6.13. The van der Waals surface area contributed by atoms with Crippen LogP contribution in [0.5, 0.6) is 0 Å². The van der Waals surface area contributed by atoms with E-state index in [2.05, 4.69) is 32.6 Å². The van der Waals surface area contributed by atoms with E-state index in [1.165, 1.54) is 45.1 Å². The third kappa shape index (κ3) is 3.57. The highest BCUT2D eigenvalue weighted by Crippen LogP contribution is 2.39. The van der Waals surface area contributed by atoms with Crippen molar-refractivity contribution in [2.75, 3.05) is 13.1 Å². The van der Waals surface area contributed by atoms with Crippen molar-refractivity contribution < 1.29 is 0 Å². The number of likely N-dealkylation sites (tertiary alicyclic amines) is 1. The van der Waals surface area contributed by atoms with Gasteiger partial charge < -0.3 is 5.73 Å². The van der Waals surface area contributed by atoms with Crippen LogP contribution in [0.1, 0.15) is 66.2 Å². The molecule has 1 saturated heterocycles. The summed E-state index contributed by atoms with van der Waals surface area (Å²) in [5.74, 6) is 3.52. The predicted molar refractivity (Wildman–Crippen MR) is 87.7 cm³/mol. The minimum atomic E-state index is 0.644. The molecule has 2 heteroatoms. The van der Waals surface area contributed by atoms with Gasteiger partial charge >= 0.3 is 0 Å². The van der Waals surface area contributed by atoms with Crippen molar-refractivity contribution in [3.8, 4) is 0 Å². The van der Waals surface area contributed by atoms with Crippen LogP contribution in [0.3, 0.4) is 0 Å². The summed E-state index contributed by atoms with van der Waals surface area (Å²) >= 11 is 0. The molecular weight excluding hydrogens is 244 g/mol. The molecule has 118 valence electrons. The lowest BCUT2D eigenvalue weighted by molar-refractivity contribution is -0.000660. The van der Waals surface area contributed by atoms with Crippen LogP contribution in [0.25, 0.3) is 0 Å². The molecule has 5 atom stereocenters. The lowest BCUT2D eigenvalue weighted by Gasteiger charge is -2.50. The van der Waals surface area contributed by atoms with Crippen LogP contribution in [0.2, 0.25) is 0 Å². The van der Waals surface area contributed by atoms with Gasteiger partial charge in [0.2, 0.25) is 0 Å². The average Bonchev–Trinajstić information content (AvgIpc) is 2.46. The van der Waals surface area contributed by atoms with Crippen molar-refractivity contribution in [1.82, 2.24) is 4.90 Å². The minimum Gasteiger partial charge on any atom is -0.329 e. The van der Waals surface area contributed by atoms with Crippen LogP contribution >= 0.6 is 0 Å². The quantitative estimate of drug-likeness (QED) is 0.846. The fraction of sp³-hybridized carbons (Fsp3) is 1.00. The molecule has 1 aliphatic carbocycles. The maximum absolute atomic E-state index is 6.13. The van der Waals surface area contributed by atoms with Crippen molar-refractivity contribution in [2.45, 2.75) is 78.3 Å². The Morgan fingerprint density at radius 2 is 1.90 bits per heavy atom. The van der Waals surface area contributed by atoms with E-state index < -0.39 is 0 Å². The number of nitrogens with zero attached hydrogens (tertiary/aromatic N) is 1. The topological polar surface area (TPSA) is 29.3 Å². The Morgan fingerprint density at radius 3 is 2.50 bits per heavy atom. The lowest BCUT2D eigenvalue weighted by Crippen LogP contribution is -2.55. The van der Waals surface area contributed by atoms with Crippen LogP contribution in [0.15, 0.2) is 0 Å². The zero-order valence-corrected chi connectivity index (χ0v) is 14.1. The van der Waals surface area contributed by atoms with Crippen molar-refractivity contribution in [2.24, 2.45) is 29.4 Å². The van der Waals surface area contributed by atoms with Gasteiger partial charge in [-0.05, 0) is 55.9 Å². The fourth-order valence-electron chi connectivity index (χ4n) is 4.72. The van der Waals surface area contributed by atoms with Gasteiger partial charge in [0.25, 0.3) is 0 Å². The summed E-state index contributed by atoms with van der Waals surface area (Å²) in [6, 6.07) is 1.44. The number of rotatable bonds is 4. The van der Waals surface area contributed by atoms with E-state index in [4.69, 9.17) is 5.73 Å². The maximum atomic E-state index is 6.13. The molecule has 2 aliphatic rings. The molecule has 0 radical (unpaired) electrons. The minimum absolute atomic E-state index is 0.644. The first kappa shape index (κ1) is 16.3. The second kappa shape index (κ2) is 7.26. The SMILES string of the molecule is CCC1CCN(C2CC(C)CCC2C(C)C)C(CN)C1.